The highest BCUT2D eigenvalue weighted by atomic mass is 35.5. The van der Waals surface area contributed by atoms with Crippen LogP contribution in [-0.4, -0.2) is 29.4 Å². The summed E-state index contributed by atoms with van der Waals surface area (Å²) in [6.45, 7) is 1.90. The van der Waals surface area contributed by atoms with E-state index in [1.54, 1.807) is 24.4 Å². The van der Waals surface area contributed by atoms with Gasteiger partial charge in [-0.2, -0.15) is 0 Å². The van der Waals surface area contributed by atoms with Crippen molar-refractivity contribution in [2.75, 3.05) is 6.61 Å². The van der Waals surface area contributed by atoms with Gasteiger partial charge in [0.1, 0.15) is 11.4 Å². The minimum Gasteiger partial charge on any atom is -0.484 e. The maximum atomic E-state index is 12.1. The molecular formula is C18H20ClN3O3. The van der Waals surface area contributed by atoms with Gasteiger partial charge >= 0.3 is 0 Å². The number of H-pyrrole nitrogens is 1. The number of hydrogen-bond donors (Lipinski definition) is 3. The molecule has 1 aromatic heterocycles. The molecule has 1 saturated carbocycles. The Morgan fingerprint density at radius 1 is 1.32 bits per heavy atom. The summed E-state index contributed by atoms with van der Waals surface area (Å²) < 4.78 is 5.47. The Morgan fingerprint density at radius 2 is 2.04 bits per heavy atom. The molecule has 7 heteroatoms. The van der Waals surface area contributed by atoms with Gasteiger partial charge in [-0.05, 0) is 43.5 Å². The van der Waals surface area contributed by atoms with Crippen LogP contribution in [0.25, 0.3) is 0 Å². The molecule has 0 bridgehead atoms. The normalized spacial score (nSPS) is 14.6. The Morgan fingerprint density at radius 3 is 2.64 bits per heavy atom. The van der Waals surface area contributed by atoms with Crippen molar-refractivity contribution in [2.24, 2.45) is 0 Å². The molecule has 6 nitrogen and oxygen atoms in total. The number of ether oxygens (including phenoxy) is 1. The van der Waals surface area contributed by atoms with Crippen LogP contribution < -0.4 is 15.4 Å². The van der Waals surface area contributed by atoms with Crippen molar-refractivity contribution in [1.29, 1.82) is 0 Å². The molecule has 132 valence electrons. The van der Waals surface area contributed by atoms with E-state index in [0.717, 1.165) is 18.4 Å². The Kier molecular flexibility index (Phi) is 5.28. The average Bonchev–Trinajstić information content (AvgIpc) is 3.30. The maximum Gasteiger partial charge on any atom is 0.268 e. The van der Waals surface area contributed by atoms with Crippen molar-refractivity contribution in [1.82, 2.24) is 15.6 Å². The first-order chi connectivity index (χ1) is 12.0. The molecule has 0 saturated heterocycles. The van der Waals surface area contributed by atoms with E-state index in [4.69, 9.17) is 16.3 Å². The van der Waals surface area contributed by atoms with Crippen molar-refractivity contribution >= 4 is 23.4 Å². The zero-order valence-electron chi connectivity index (χ0n) is 13.8. The number of amides is 2. The molecule has 0 radical (unpaired) electrons. The van der Waals surface area contributed by atoms with Gasteiger partial charge in [0.05, 0.1) is 11.1 Å². The number of carbonyl (C=O) groups excluding carboxylic acids is 2. The summed E-state index contributed by atoms with van der Waals surface area (Å²) in [6.07, 6.45) is 3.67. The third-order valence-electron chi connectivity index (χ3n) is 3.93. The highest BCUT2D eigenvalue weighted by Gasteiger charge is 2.23. The molecule has 1 aromatic carbocycles. The lowest BCUT2D eigenvalue weighted by molar-refractivity contribution is -0.123. The van der Waals surface area contributed by atoms with Gasteiger partial charge < -0.3 is 20.4 Å². The second kappa shape index (κ2) is 7.61. The first-order valence-electron chi connectivity index (χ1n) is 8.18. The van der Waals surface area contributed by atoms with Gasteiger partial charge in [-0.3, -0.25) is 9.59 Å². The van der Waals surface area contributed by atoms with Gasteiger partial charge in [-0.25, -0.2) is 0 Å². The number of nitrogens with one attached hydrogen (secondary N) is 3. The van der Waals surface area contributed by atoms with Crippen LogP contribution in [0, 0.1) is 0 Å². The molecule has 1 unspecified atom stereocenters. The van der Waals surface area contributed by atoms with Crippen LogP contribution in [0.5, 0.6) is 5.75 Å². The van der Waals surface area contributed by atoms with Crippen LogP contribution in [0.15, 0.2) is 36.5 Å². The third kappa shape index (κ3) is 5.00. The zero-order valence-corrected chi connectivity index (χ0v) is 14.6. The van der Waals surface area contributed by atoms with E-state index >= 15 is 0 Å². The van der Waals surface area contributed by atoms with Crippen LogP contribution in [0.2, 0.25) is 5.02 Å². The predicted octanol–water partition coefficient (Wildman–Crippen LogP) is 2.82. The molecule has 25 heavy (non-hydrogen) atoms. The number of rotatable bonds is 7. The molecule has 2 aromatic rings. The molecule has 1 aliphatic rings. The molecular weight excluding hydrogens is 342 g/mol. The molecule has 1 heterocycles. The summed E-state index contributed by atoms with van der Waals surface area (Å²) in [7, 11) is 0. The summed E-state index contributed by atoms with van der Waals surface area (Å²) in [5.74, 6) is 0.290. The standard InChI is InChI=1S/C18H20ClN3O3/c1-11(21-18(24)16-8-13(19)9-20-16)12-2-6-15(7-3-12)25-10-17(23)22-14-4-5-14/h2-3,6-9,11,14,20H,4-5,10H2,1H3,(H,21,24)(H,22,23). The second-order valence-electron chi connectivity index (χ2n) is 6.13. The van der Waals surface area contributed by atoms with Crippen molar-refractivity contribution in [3.8, 4) is 5.75 Å². The van der Waals surface area contributed by atoms with E-state index < -0.39 is 0 Å². The zero-order chi connectivity index (χ0) is 17.8. The van der Waals surface area contributed by atoms with Gasteiger partial charge in [0.2, 0.25) is 0 Å². The number of carbonyl (C=O) groups is 2. The molecule has 3 rings (SSSR count). The summed E-state index contributed by atoms with van der Waals surface area (Å²) in [5.41, 5.74) is 1.35. The fourth-order valence-electron chi connectivity index (χ4n) is 2.36. The molecule has 1 aliphatic carbocycles. The first-order valence-corrected chi connectivity index (χ1v) is 8.56. The highest BCUT2D eigenvalue weighted by Crippen LogP contribution is 2.20. The van der Waals surface area contributed by atoms with Gasteiger partial charge in [-0.1, -0.05) is 23.7 Å². The lowest BCUT2D eigenvalue weighted by Crippen LogP contribution is -2.30. The van der Waals surface area contributed by atoms with E-state index in [1.165, 1.54) is 0 Å². The fourth-order valence-corrected chi connectivity index (χ4v) is 2.52. The number of aromatic nitrogens is 1. The van der Waals surface area contributed by atoms with Crippen LogP contribution in [0.3, 0.4) is 0 Å². The third-order valence-corrected chi connectivity index (χ3v) is 4.15. The summed E-state index contributed by atoms with van der Waals surface area (Å²) >= 11 is 5.80. The lowest BCUT2D eigenvalue weighted by Gasteiger charge is -2.14. The van der Waals surface area contributed by atoms with Gasteiger partial charge in [0.15, 0.2) is 6.61 Å². The SMILES string of the molecule is CC(NC(=O)c1cc(Cl)c[nH]1)c1ccc(OCC(=O)NC2CC2)cc1. The predicted molar refractivity (Wildman–Crippen MR) is 94.8 cm³/mol. The second-order valence-corrected chi connectivity index (χ2v) is 6.56. The van der Waals surface area contributed by atoms with Crippen LogP contribution >= 0.6 is 11.6 Å². The number of hydrogen-bond acceptors (Lipinski definition) is 3. The largest absolute Gasteiger partial charge is 0.484 e. The number of aromatic amines is 1. The Bertz CT molecular complexity index is 753. The smallest absolute Gasteiger partial charge is 0.268 e. The molecule has 3 N–H and O–H groups in total. The van der Waals surface area contributed by atoms with Crippen LogP contribution in [0.4, 0.5) is 0 Å². The van der Waals surface area contributed by atoms with Crippen LogP contribution in [-0.2, 0) is 4.79 Å². The van der Waals surface area contributed by atoms with Crippen LogP contribution in [0.1, 0.15) is 41.9 Å². The monoisotopic (exact) mass is 361 g/mol. The average molecular weight is 362 g/mol. The molecule has 1 atom stereocenters. The quantitative estimate of drug-likeness (QED) is 0.709. The Hall–Kier alpha value is -2.47. The van der Waals surface area contributed by atoms with Crippen molar-refractivity contribution in [3.05, 3.63) is 52.8 Å². The number of halogens is 1. The van der Waals surface area contributed by atoms with Gasteiger partial charge in [0.25, 0.3) is 11.8 Å². The number of benzene rings is 1. The minimum absolute atomic E-state index is 0.00964. The lowest BCUT2D eigenvalue weighted by atomic mass is 10.1. The van der Waals surface area contributed by atoms with Crippen molar-refractivity contribution < 1.29 is 14.3 Å². The van der Waals surface area contributed by atoms with E-state index in [-0.39, 0.29) is 24.5 Å². The van der Waals surface area contributed by atoms with Gasteiger partial charge in [0, 0.05) is 12.2 Å². The topological polar surface area (TPSA) is 83.2 Å². The van der Waals surface area contributed by atoms with E-state index in [0.29, 0.717) is 22.5 Å². The van der Waals surface area contributed by atoms with Crippen molar-refractivity contribution in [3.63, 3.8) is 0 Å². The van der Waals surface area contributed by atoms with Gasteiger partial charge in [-0.15, -0.1) is 0 Å². The highest BCUT2D eigenvalue weighted by molar-refractivity contribution is 6.30. The minimum atomic E-state index is -0.225. The first kappa shape index (κ1) is 17.4. The maximum absolute atomic E-state index is 12.1. The van der Waals surface area contributed by atoms with Crippen molar-refractivity contribution in [2.45, 2.75) is 31.8 Å². The van der Waals surface area contributed by atoms with E-state index in [9.17, 15) is 9.59 Å². The summed E-state index contributed by atoms with van der Waals surface area (Å²) in [6, 6.07) is 9.02. The fraction of sp³-hybridized carbons (Fsp3) is 0.333. The molecule has 2 amide bonds. The Balaban J connectivity index is 1.50. The Labute approximate surface area is 150 Å². The molecule has 0 aliphatic heterocycles. The molecule has 0 spiro atoms. The molecule has 1 fully saturated rings. The van der Waals surface area contributed by atoms with E-state index in [1.807, 2.05) is 19.1 Å². The summed E-state index contributed by atoms with van der Waals surface area (Å²) in [5, 5.41) is 6.25. The summed E-state index contributed by atoms with van der Waals surface area (Å²) in [4.78, 5) is 26.5. The van der Waals surface area contributed by atoms with E-state index in [2.05, 4.69) is 15.6 Å².